The minimum absolute atomic E-state index is 0.0165. The summed E-state index contributed by atoms with van der Waals surface area (Å²) in [5.74, 6) is -1.33. The van der Waals surface area contributed by atoms with Crippen molar-refractivity contribution in [1.82, 2.24) is 10.6 Å². The van der Waals surface area contributed by atoms with Crippen LogP contribution in [0.25, 0.3) is 11.1 Å². The van der Waals surface area contributed by atoms with E-state index in [-0.39, 0.29) is 36.4 Å². The number of rotatable bonds is 6. The maximum atomic E-state index is 13.0. The monoisotopic (exact) mass is 462 g/mol. The van der Waals surface area contributed by atoms with Gasteiger partial charge in [0.05, 0.1) is 11.3 Å². The summed E-state index contributed by atoms with van der Waals surface area (Å²) in [6.07, 6.45) is 2.62. The molecule has 5 rings (SSSR count). The number of hydrogen-bond donors (Lipinski definition) is 3. The summed E-state index contributed by atoms with van der Waals surface area (Å²) in [5, 5.41) is 15.0. The van der Waals surface area contributed by atoms with E-state index >= 15 is 0 Å². The van der Waals surface area contributed by atoms with Gasteiger partial charge in [-0.15, -0.1) is 0 Å². The van der Waals surface area contributed by atoms with Crippen molar-refractivity contribution in [1.29, 1.82) is 0 Å². The quantitative estimate of drug-likeness (QED) is 0.600. The maximum Gasteiger partial charge on any atom is 0.407 e. The number of aliphatic carboxylic acids is 1. The Kier molecular flexibility index (Phi) is 5.80. The highest BCUT2D eigenvalue weighted by molar-refractivity contribution is 5.85. The molecule has 3 N–H and O–H groups in total. The Hall–Kier alpha value is -3.35. The van der Waals surface area contributed by atoms with Crippen molar-refractivity contribution in [3.8, 4) is 11.1 Å². The van der Waals surface area contributed by atoms with E-state index in [4.69, 9.17) is 9.84 Å². The minimum atomic E-state index is -0.813. The number of nitrogens with one attached hydrogen (secondary N) is 2. The summed E-state index contributed by atoms with van der Waals surface area (Å²) >= 11 is 0. The number of hydrogen-bond acceptors (Lipinski definition) is 4. The zero-order valence-corrected chi connectivity index (χ0v) is 19.3. The number of fused-ring (bicyclic) bond motifs is 3. The van der Waals surface area contributed by atoms with E-state index in [0.717, 1.165) is 17.5 Å². The van der Waals surface area contributed by atoms with Crippen LogP contribution in [0.15, 0.2) is 48.5 Å². The van der Waals surface area contributed by atoms with Crippen molar-refractivity contribution in [3.63, 3.8) is 0 Å². The first kappa shape index (κ1) is 22.4. The smallest absolute Gasteiger partial charge is 0.407 e. The van der Waals surface area contributed by atoms with Gasteiger partial charge in [-0.1, -0.05) is 55.0 Å². The summed E-state index contributed by atoms with van der Waals surface area (Å²) in [4.78, 5) is 36.8. The second-order valence-corrected chi connectivity index (χ2v) is 10.0. The fraction of sp³-hybridized carbons (Fsp3) is 0.444. The van der Waals surface area contributed by atoms with Crippen molar-refractivity contribution in [2.24, 2.45) is 11.3 Å². The average Bonchev–Trinajstić information content (AvgIpc) is 3.32. The lowest BCUT2D eigenvalue weighted by molar-refractivity contribution is -0.147. The van der Waals surface area contributed by atoms with Gasteiger partial charge in [0.15, 0.2) is 0 Å². The third-order valence-corrected chi connectivity index (χ3v) is 7.94. The maximum absolute atomic E-state index is 13.0. The number of amides is 2. The molecule has 0 radical (unpaired) electrons. The molecule has 0 aromatic heterocycles. The Morgan fingerprint density at radius 3 is 2.24 bits per heavy atom. The molecule has 34 heavy (non-hydrogen) atoms. The summed E-state index contributed by atoms with van der Waals surface area (Å²) in [5.41, 5.74) is 3.92. The molecule has 7 heteroatoms. The van der Waals surface area contributed by atoms with E-state index in [1.807, 2.05) is 31.2 Å². The Morgan fingerprint density at radius 1 is 1.00 bits per heavy atom. The SMILES string of the molecule is CC1(C(=O)NC2CC(C(=O)O)C2)CCCC1NC(=O)OCC1c2ccccc2-c2ccccc21. The van der Waals surface area contributed by atoms with Crippen LogP contribution in [0.5, 0.6) is 0 Å². The first-order valence-electron chi connectivity index (χ1n) is 12.0. The summed E-state index contributed by atoms with van der Waals surface area (Å²) in [6, 6.07) is 16.0. The molecule has 0 spiro atoms. The molecule has 2 fully saturated rings. The Morgan fingerprint density at radius 2 is 1.62 bits per heavy atom. The van der Waals surface area contributed by atoms with Crippen LogP contribution >= 0.6 is 0 Å². The molecule has 3 aliphatic rings. The number of benzene rings is 2. The van der Waals surface area contributed by atoms with Crippen LogP contribution in [0.2, 0.25) is 0 Å². The van der Waals surface area contributed by atoms with Gasteiger partial charge in [-0.3, -0.25) is 9.59 Å². The second-order valence-electron chi connectivity index (χ2n) is 10.0. The molecular formula is C27H30N2O5. The largest absolute Gasteiger partial charge is 0.481 e. The minimum Gasteiger partial charge on any atom is -0.481 e. The molecule has 0 heterocycles. The summed E-state index contributed by atoms with van der Waals surface area (Å²) in [6.45, 7) is 2.10. The fourth-order valence-corrected chi connectivity index (χ4v) is 5.74. The molecule has 3 aliphatic carbocycles. The van der Waals surface area contributed by atoms with Gasteiger partial charge in [-0.25, -0.2) is 4.79 Å². The molecule has 2 atom stereocenters. The third-order valence-electron chi connectivity index (χ3n) is 7.94. The zero-order valence-electron chi connectivity index (χ0n) is 19.3. The van der Waals surface area contributed by atoms with E-state index in [9.17, 15) is 14.4 Å². The number of carboxylic acids is 1. The van der Waals surface area contributed by atoms with Crippen LogP contribution in [0.3, 0.4) is 0 Å². The van der Waals surface area contributed by atoms with Gasteiger partial charge in [0, 0.05) is 18.0 Å². The van der Waals surface area contributed by atoms with Crippen molar-refractivity contribution < 1.29 is 24.2 Å². The highest BCUT2D eigenvalue weighted by Crippen LogP contribution is 2.44. The van der Waals surface area contributed by atoms with Gasteiger partial charge in [-0.05, 0) is 54.9 Å². The molecule has 178 valence electrons. The lowest BCUT2D eigenvalue weighted by Gasteiger charge is -2.37. The Labute approximate surface area is 198 Å². The van der Waals surface area contributed by atoms with E-state index in [1.54, 1.807) is 0 Å². The number of alkyl carbamates (subject to hydrolysis) is 1. The Bertz CT molecular complexity index is 1080. The number of carbonyl (C=O) groups excluding carboxylic acids is 2. The van der Waals surface area contributed by atoms with Crippen molar-refractivity contribution in [2.75, 3.05) is 6.61 Å². The fourth-order valence-electron chi connectivity index (χ4n) is 5.74. The molecule has 2 aromatic rings. The number of ether oxygens (including phenoxy) is 1. The summed E-state index contributed by atoms with van der Waals surface area (Å²) in [7, 11) is 0. The van der Waals surface area contributed by atoms with Gasteiger partial charge in [0.1, 0.15) is 6.61 Å². The molecule has 2 saturated carbocycles. The zero-order chi connectivity index (χ0) is 23.9. The molecule has 0 aliphatic heterocycles. The Balaban J connectivity index is 1.19. The van der Waals surface area contributed by atoms with E-state index < -0.39 is 17.5 Å². The first-order chi connectivity index (χ1) is 16.4. The van der Waals surface area contributed by atoms with Crippen LogP contribution in [-0.2, 0) is 14.3 Å². The molecule has 7 nitrogen and oxygen atoms in total. The standard InChI is InChI=1S/C27H30N2O5/c1-27(25(32)28-17-13-16(14-17)24(30)31)12-6-11-23(27)29-26(33)34-15-22-20-9-4-2-7-18(20)19-8-3-5-10-21(19)22/h2-5,7-10,16-17,22-23H,6,11-15H2,1H3,(H,28,32)(H,29,33)(H,30,31). The van der Waals surface area contributed by atoms with Crippen LogP contribution in [-0.4, -0.2) is 41.8 Å². The van der Waals surface area contributed by atoms with Crippen molar-refractivity contribution in [3.05, 3.63) is 59.7 Å². The van der Waals surface area contributed by atoms with Crippen LogP contribution in [0, 0.1) is 11.3 Å². The number of carboxylic acid groups (broad SMARTS) is 1. The van der Waals surface area contributed by atoms with Crippen LogP contribution < -0.4 is 10.6 Å². The van der Waals surface area contributed by atoms with E-state index in [0.29, 0.717) is 25.7 Å². The van der Waals surface area contributed by atoms with Crippen LogP contribution in [0.4, 0.5) is 4.79 Å². The summed E-state index contributed by atoms with van der Waals surface area (Å²) < 4.78 is 5.68. The highest BCUT2D eigenvalue weighted by atomic mass is 16.5. The van der Waals surface area contributed by atoms with Gasteiger partial charge in [-0.2, -0.15) is 0 Å². The van der Waals surface area contributed by atoms with Crippen molar-refractivity contribution >= 4 is 18.0 Å². The molecule has 2 unspecified atom stereocenters. The van der Waals surface area contributed by atoms with Gasteiger partial charge < -0.3 is 20.5 Å². The molecule has 2 aromatic carbocycles. The molecule has 2 amide bonds. The molecule has 0 bridgehead atoms. The first-order valence-corrected chi connectivity index (χ1v) is 12.0. The molecule has 0 saturated heterocycles. The second kappa shape index (κ2) is 8.78. The third kappa shape index (κ3) is 3.93. The van der Waals surface area contributed by atoms with Gasteiger partial charge >= 0.3 is 12.1 Å². The van der Waals surface area contributed by atoms with Gasteiger partial charge in [0.2, 0.25) is 5.91 Å². The van der Waals surface area contributed by atoms with Crippen LogP contribution in [0.1, 0.15) is 56.1 Å². The van der Waals surface area contributed by atoms with E-state index in [2.05, 4.69) is 34.9 Å². The average molecular weight is 463 g/mol. The lowest BCUT2D eigenvalue weighted by Crippen LogP contribution is -2.55. The highest BCUT2D eigenvalue weighted by Gasteiger charge is 2.47. The lowest BCUT2D eigenvalue weighted by atomic mass is 9.78. The predicted octanol–water partition coefficient (Wildman–Crippen LogP) is 4.06. The number of carbonyl (C=O) groups is 3. The van der Waals surface area contributed by atoms with E-state index in [1.165, 1.54) is 11.1 Å². The topological polar surface area (TPSA) is 105 Å². The van der Waals surface area contributed by atoms with Gasteiger partial charge in [0.25, 0.3) is 0 Å². The molecular weight excluding hydrogens is 432 g/mol. The predicted molar refractivity (Wildman–Crippen MR) is 126 cm³/mol. The normalized spacial score (nSPS) is 27.3. The van der Waals surface area contributed by atoms with Crippen molar-refractivity contribution in [2.45, 2.75) is 57.0 Å².